The molecular weight excluding hydrogens is 372 g/mol. The van der Waals surface area contributed by atoms with E-state index in [1.807, 2.05) is 13.0 Å². The van der Waals surface area contributed by atoms with E-state index in [0.29, 0.717) is 11.6 Å². The lowest BCUT2D eigenvalue weighted by molar-refractivity contribution is -0.0247. The van der Waals surface area contributed by atoms with Gasteiger partial charge in [-0.1, -0.05) is 45.8 Å². The van der Waals surface area contributed by atoms with Gasteiger partial charge in [-0.25, -0.2) is 4.98 Å². The molecule has 0 saturated carbocycles. The van der Waals surface area contributed by atoms with Crippen molar-refractivity contribution in [2.45, 2.75) is 93.6 Å². The second-order valence-corrected chi connectivity index (χ2v) is 10.2. The maximum atomic E-state index is 12.5. The lowest BCUT2D eigenvalue weighted by atomic mass is 9.87. The van der Waals surface area contributed by atoms with Crippen molar-refractivity contribution < 1.29 is 9.53 Å². The summed E-state index contributed by atoms with van der Waals surface area (Å²) in [7, 11) is 0. The molecule has 1 unspecified atom stereocenters. The Morgan fingerprint density at radius 3 is 2.37 bits per heavy atom. The lowest BCUT2D eigenvalue weighted by Crippen LogP contribution is -2.23. The molecule has 1 aromatic heterocycles. The van der Waals surface area contributed by atoms with Crippen LogP contribution < -0.4 is 0 Å². The number of hydrogen-bond acceptors (Lipinski definition) is 4. The van der Waals surface area contributed by atoms with E-state index in [4.69, 9.17) is 4.74 Å². The minimum Gasteiger partial charge on any atom is -0.376 e. The number of aryl methyl sites for hydroxylation is 1. The van der Waals surface area contributed by atoms with E-state index in [1.54, 1.807) is 12.3 Å². The molecule has 1 heterocycles. The number of rotatable bonds is 10. The van der Waals surface area contributed by atoms with Gasteiger partial charge in [0.05, 0.1) is 29.8 Å². The molecule has 0 fully saturated rings. The van der Waals surface area contributed by atoms with Crippen LogP contribution in [0.15, 0.2) is 23.9 Å². The molecule has 0 aliphatic rings. The Morgan fingerprint density at radius 1 is 1.17 bits per heavy atom. The van der Waals surface area contributed by atoms with Gasteiger partial charge < -0.3 is 4.74 Å². The minimum absolute atomic E-state index is 0.0822. The minimum atomic E-state index is -0.110. The van der Waals surface area contributed by atoms with Crippen molar-refractivity contribution in [3.8, 4) is 0 Å². The smallest absolute Gasteiger partial charge is 0.205 e. The maximum Gasteiger partial charge on any atom is 0.205 e. The fourth-order valence-electron chi connectivity index (χ4n) is 2.87. The Bertz CT molecular complexity index is 749. The molecule has 0 spiro atoms. The molecule has 0 aliphatic carbocycles. The Kier molecular flexibility index (Phi) is 10.1. The summed E-state index contributed by atoms with van der Waals surface area (Å²) in [4.78, 5) is 21.4. The molecule has 0 radical (unpaired) electrons. The van der Waals surface area contributed by atoms with Gasteiger partial charge in [0, 0.05) is 0 Å². The van der Waals surface area contributed by atoms with E-state index in [0.717, 1.165) is 43.7 Å². The van der Waals surface area contributed by atoms with Crippen LogP contribution in [0.2, 0.25) is 0 Å². The summed E-state index contributed by atoms with van der Waals surface area (Å²) in [5.74, 6) is 0.430. The summed E-state index contributed by atoms with van der Waals surface area (Å²) in [5, 5.41) is 0. The average Bonchev–Trinajstić information content (AvgIpc) is 2.62. The monoisotopic (exact) mass is 414 g/mol. The van der Waals surface area contributed by atoms with E-state index in [2.05, 4.69) is 71.4 Å². The standard InChI is InChI=1S/C26H42N2O2/c1-10-13-21(18-30-26(7,8)9)14-11-12-15-24(29)23-17-27-22(20(3)28-23)16-19(2)25(4,5)6/h12,15-17,21H,10-11,13-14,18H2,1-9H3/b15-12+,19-16+. The molecule has 30 heavy (non-hydrogen) atoms. The quantitative estimate of drug-likeness (QED) is 0.306. The highest BCUT2D eigenvalue weighted by Crippen LogP contribution is 2.26. The number of aromatic nitrogens is 2. The number of carbonyl (C=O) groups is 1. The zero-order chi connectivity index (χ0) is 22.9. The van der Waals surface area contributed by atoms with Crippen LogP contribution in [0.25, 0.3) is 6.08 Å². The first kappa shape index (κ1) is 26.2. The Morgan fingerprint density at radius 2 is 1.83 bits per heavy atom. The maximum absolute atomic E-state index is 12.5. The number of hydrogen-bond donors (Lipinski definition) is 0. The number of ether oxygens (including phenoxy) is 1. The van der Waals surface area contributed by atoms with Crippen LogP contribution >= 0.6 is 0 Å². The third-order valence-corrected chi connectivity index (χ3v) is 5.23. The van der Waals surface area contributed by atoms with Crippen molar-refractivity contribution >= 4 is 11.9 Å². The van der Waals surface area contributed by atoms with Crippen molar-refractivity contribution in [3.05, 3.63) is 41.0 Å². The molecule has 1 aromatic rings. The van der Waals surface area contributed by atoms with Crippen molar-refractivity contribution in [3.63, 3.8) is 0 Å². The molecule has 0 aliphatic heterocycles. The molecule has 4 heteroatoms. The Labute approximate surface area is 184 Å². The first-order valence-electron chi connectivity index (χ1n) is 11.2. The van der Waals surface area contributed by atoms with E-state index in [9.17, 15) is 4.79 Å². The first-order valence-corrected chi connectivity index (χ1v) is 11.2. The van der Waals surface area contributed by atoms with Gasteiger partial charge >= 0.3 is 0 Å². The highest BCUT2D eigenvalue weighted by atomic mass is 16.5. The van der Waals surface area contributed by atoms with Gasteiger partial charge in [0.15, 0.2) is 0 Å². The van der Waals surface area contributed by atoms with Gasteiger partial charge in [0.1, 0.15) is 5.69 Å². The number of allylic oxidation sites excluding steroid dienone is 3. The zero-order valence-corrected chi connectivity index (χ0v) is 20.6. The predicted octanol–water partition coefficient (Wildman–Crippen LogP) is 6.98. The van der Waals surface area contributed by atoms with Crippen LogP contribution in [-0.2, 0) is 4.74 Å². The fraction of sp³-hybridized carbons (Fsp3) is 0.654. The van der Waals surface area contributed by atoms with Gasteiger partial charge in [0.2, 0.25) is 5.78 Å². The molecule has 0 aromatic carbocycles. The van der Waals surface area contributed by atoms with Gasteiger partial charge in [0.25, 0.3) is 0 Å². The second-order valence-electron chi connectivity index (χ2n) is 10.2. The SMILES string of the molecule is CCCC(CC/C=C/C(=O)c1cnc(/C=C(\C)C(C)(C)C)c(C)n1)COC(C)(C)C. The van der Waals surface area contributed by atoms with Gasteiger partial charge in [-0.3, -0.25) is 9.78 Å². The Hall–Kier alpha value is -1.81. The molecule has 0 saturated heterocycles. The summed E-state index contributed by atoms with van der Waals surface area (Å²) in [6.07, 6.45) is 11.4. The van der Waals surface area contributed by atoms with Crippen LogP contribution in [0.3, 0.4) is 0 Å². The van der Waals surface area contributed by atoms with Gasteiger partial charge in [-0.15, -0.1) is 0 Å². The van der Waals surface area contributed by atoms with Gasteiger partial charge in [-0.2, -0.15) is 0 Å². The third kappa shape index (κ3) is 9.80. The van der Waals surface area contributed by atoms with E-state index >= 15 is 0 Å². The zero-order valence-electron chi connectivity index (χ0n) is 20.6. The third-order valence-electron chi connectivity index (χ3n) is 5.23. The summed E-state index contributed by atoms with van der Waals surface area (Å²) in [6.45, 7) is 19.7. The summed E-state index contributed by atoms with van der Waals surface area (Å²) in [6, 6.07) is 0. The van der Waals surface area contributed by atoms with Crippen LogP contribution in [-0.4, -0.2) is 28.0 Å². The predicted molar refractivity (Wildman–Crippen MR) is 127 cm³/mol. The highest BCUT2D eigenvalue weighted by Gasteiger charge is 2.16. The van der Waals surface area contributed by atoms with Gasteiger partial charge in [-0.05, 0) is 77.4 Å². The first-order chi connectivity index (χ1) is 13.8. The topological polar surface area (TPSA) is 52.1 Å². The van der Waals surface area contributed by atoms with E-state index < -0.39 is 0 Å². The highest BCUT2D eigenvalue weighted by molar-refractivity contribution is 6.02. The molecule has 1 atom stereocenters. The van der Waals surface area contributed by atoms with Crippen LogP contribution in [0, 0.1) is 18.3 Å². The summed E-state index contributed by atoms with van der Waals surface area (Å²) >= 11 is 0. The van der Waals surface area contributed by atoms with Crippen LogP contribution in [0.5, 0.6) is 0 Å². The van der Waals surface area contributed by atoms with Crippen molar-refractivity contribution in [2.24, 2.45) is 11.3 Å². The van der Waals surface area contributed by atoms with Crippen molar-refractivity contribution in [1.29, 1.82) is 0 Å². The normalized spacial score (nSPS) is 14.4. The number of ketones is 1. The number of carbonyl (C=O) groups excluding carboxylic acids is 1. The van der Waals surface area contributed by atoms with Crippen LogP contribution in [0.4, 0.5) is 0 Å². The Balaban J connectivity index is 2.69. The van der Waals surface area contributed by atoms with Crippen LogP contribution in [0.1, 0.15) is 103 Å². The van der Waals surface area contributed by atoms with E-state index in [-0.39, 0.29) is 16.8 Å². The fourth-order valence-corrected chi connectivity index (χ4v) is 2.87. The average molecular weight is 415 g/mol. The van der Waals surface area contributed by atoms with E-state index in [1.165, 1.54) is 5.57 Å². The second kappa shape index (κ2) is 11.5. The largest absolute Gasteiger partial charge is 0.376 e. The summed E-state index contributed by atoms with van der Waals surface area (Å²) < 4.78 is 5.95. The molecule has 0 N–H and O–H groups in total. The molecule has 0 amide bonds. The molecule has 0 bridgehead atoms. The number of nitrogens with zero attached hydrogens (tertiary/aromatic N) is 2. The molecule has 168 valence electrons. The van der Waals surface area contributed by atoms with Crippen molar-refractivity contribution in [1.82, 2.24) is 9.97 Å². The molecule has 4 nitrogen and oxygen atoms in total. The molecular formula is C26H42N2O2. The summed E-state index contributed by atoms with van der Waals surface area (Å²) in [5.41, 5.74) is 3.20. The van der Waals surface area contributed by atoms with Crippen molar-refractivity contribution in [2.75, 3.05) is 6.61 Å². The lowest BCUT2D eigenvalue weighted by Gasteiger charge is -2.24. The molecule has 1 rings (SSSR count).